The second kappa shape index (κ2) is 16.8. The van der Waals surface area contributed by atoms with Crippen molar-refractivity contribution in [3.8, 4) is 17.2 Å². The zero-order chi connectivity index (χ0) is 21.9. The van der Waals surface area contributed by atoms with Crippen molar-refractivity contribution < 1.29 is 9.47 Å². The van der Waals surface area contributed by atoms with Crippen LogP contribution >= 0.6 is 11.8 Å². The van der Waals surface area contributed by atoms with Crippen LogP contribution in [0.1, 0.15) is 6.92 Å². The van der Waals surface area contributed by atoms with E-state index < -0.39 is 0 Å². The van der Waals surface area contributed by atoms with Gasteiger partial charge in [-0.05, 0) is 68.0 Å². The lowest BCUT2D eigenvalue weighted by Gasteiger charge is -2.04. The first-order chi connectivity index (χ1) is 14.7. The smallest absolute Gasteiger partial charge is 0.127 e. The van der Waals surface area contributed by atoms with Gasteiger partial charge in [-0.1, -0.05) is 73.3 Å². The highest BCUT2D eigenvalue weighted by Crippen LogP contribution is 2.19. The molecule has 0 unspecified atom stereocenters. The van der Waals surface area contributed by atoms with E-state index in [1.165, 1.54) is 0 Å². The molecule has 0 radical (unpaired) electrons. The van der Waals surface area contributed by atoms with Gasteiger partial charge in [0.25, 0.3) is 0 Å². The van der Waals surface area contributed by atoms with Crippen LogP contribution < -0.4 is 9.47 Å². The van der Waals surface area contributed by atoms with E-state index in [1.54, 1.807) is 17.8 Å². The molecule has 3 aromatic carbocycles. The van der Waals surface area contributed by atoms with Crippen molar-refractivity contribution in [3.63, 3.8) is 0 Å². The normalized spacial score (nSPS) is 10.2. The lowest BCUT2D eigenvalue weighted by atomic mass is 10.3. The summed E-state index contributed by atoms with van der Waals surface area (Å²) in [5.74, 6) is 3.40. The van der Waals surface area contributed by atoms with Gasteiger partial charge in [0.15, 0.2) is 0 Å². The third kappa shape index (κ3) is 11.6. The maximum Gasteiger partial charge on any atom is 0.127 e. The van der Waals surface area contributed by atoms with E-state index in [0.29, 0.717) is 0 Å². The minimum Gasteiger partial charge on any atom is -0.458 e. The first kappa shape index (κ1) is 24.9. The average Bonchev–Trinajstić information content (AvgIpc) is 2.80. The maximum absolute atomic E-state index is 5.59. The van der Waals surface area contributed by atoms with Crippen LogP contribution in [0.4, 0.5) is 0 Å². The molecular formula is C27H30O2S. The van der Waals surface area contributed by atoms with Gasteiger partial charge in [-0.15, -0.1) is 0 Å². The van der Waals surface area contributed by atoms with E-state index in [0.717, 1.165) is 23.0 Å². The van der Waals surface area contributed by atoms with E-state index >= 15 is 0 Å². The summed E-state index contributed by atoms with van der Waals surface area (Å²) in [6.07, 6.45) is 11.4. The Morgan fingerprint density at radius 3 is 1.50 bits per heavy atom. The standard InChI is InChI=1S/C13H14O.C12H10O.C2H6S/c1-3-5-9-12(4-2)14-13-10-7-6-8-11-13;1-3-7-11(8-4-1)13-12-9-5-2-6-10-12;1-3-2/h3-11H,1H2,2H3;1-10H;1-2H3/b9-5-,12-4+;;. The number of ether oxygens (including phenoxy) is 2. The van der Waals surface area contributed by atoms with Crippen molar-refractivity contribution in [1.82, 2.24) is 0 Å². The van der Waals surface area contributed by atoms with E-state index in [2.05, 4.69) is 6.58 Å². The fourth-order valence-electron chi connectivity index (χ4n) is 2.09. The highest BCUT2D eigenvalue weighted by Gasteiger charge is 1.94. The lowest BCUT2D eigenvalue weighted by molar-refractivity contribution is 0.443. The molecule has 156 valence electrons. The third-order valence-corrected chi connectivity index (χ3v) is 3.38. The molecule has 0 spiro atoms. The second-order valence-electron chi connectivity index (χ2n) is 5.84. The lowest BCUT2D eigenvalue weighted by Crippen LogP contribution is -1.90. The predicted octanol–water partition coefficient (Wildman–Crippen LogP) is 8.17. The molecule has 0 saturated heterocycles. The Kier molecular flexibility index (Phi) is 13.9. The van der Waals surface area contributed by atoms with Gasteiger partial charge in [0.1, 0.15) is 23.0 Å². The number of benzene rings is 3. The molecule has 0 amide bonds. The fraction of sp³-hybridized carbons (Fsp3) is 0.111. The van der Waals surface area contributed by atoms with Gasteiger partial charge in [0.05, 0.1) is 0 Å². The molecule has 0 aliphatic rings. The third-order valence-electron chi connectivity index (χ3n) is 3.38. The molecule has 0 fully saturated rings. The number of hydrogen-bond acceptors (Lipinski definition) is 3. The molecule has 3 heteroatoms. The van der Waals surface area contributed by atoms with Crippen molar-refractivity contribution in [2.75, 3.05) is 12.5 Å². The van der Waals surface area contributed by atoms with Gasteiger partial charge in [-0.3, -0.25) is 0 Å². The molecule has 0 heterocycles. The molecule has 30 heavy (non-hydrogen) atoms. The Morgan fingerprint density at radius 2 is 1.13 bits per heavy atom. The second-order valence-corrected chi connectivity index (χ2v) is 6.65. The summed E-state index contributed by atoms with van der Waals surface area (Å²) in [5, 5.41) is 0. The first-order valence-corrected chi connectivity index (χ1v) is 11.2. The van der Waals surface area contributed by atoms with Crippen LogP contribution in [0, 0.1) is 0 Å². The van der Waals surface area contributed by atoms with Crippen molar-refractivity contribution in [1.29, 1.82) is 0 Å². The summed E-state index contributed by atoms with van der Waals surface area (Å²) >= 11 is 1.75. The predicted molar refractivity (Wildman–Crippen MR) is 133 cm³/mol. The number of para-hydroxylation sites is 3. The van der Waals surface area contributed by atoms with Gasteiger partial charge < -0.3 is 9.47 Å². The molecule has 2 nitrogen and oxygen atoms in total. The molecule has 0 atom stereocenters. The largest absolute Gasteiger partial charge is 0.458 e. The summed E-state index contributed by atoms with van der Waals surface area (Å²) < 4.78 is 11.2. The van der Waals surface area contributed by atoms with E-state index in [9.17, 15) is 0 Å². The van der Waals surface area contributed by atoms with Gasteiger partial charge >= 0.3 is 0 Å². The van der Waals surface area contributed by atoms with Crippen LogP contribution in [0.15, 0.2) is 128 Å². The molecule has 0 aliphatic carbocycles. The van der Waals surface area contributed by atoms with Gasteiger partial charge in [0.2, 0.25) is 0 Å². The Labute approximate surface area is 185 Å². The zero-order valence-electron chi connectivity index (χ0n) is 17.9. The Morgan fingerprint density at radius 1 is 0.733 bits per heavy atom. The van der Waals surface area contributed by atoms with E-state index in [-0.39, 0.29) is 0 Å². The van der Waals surface area contributed by atoms with E-state index in [1.807, 2.05) is 129 Å². The summed E-state index contributed by atoms with van der Waals surface area (Å²) in [6.45, 7) is 5.54. The maximum atomic E-state index is 5.59. The topological polar surface area (TPSA) is 18.5 Å². The highest BCUT2D eigenvalue weighted by atomic mass is 32.2. The average molecular weight is 419 g/mol. The number of rotatable bonds is 6. The Hall–Kier alpha value is -3.17. The molecule has 3 aromatic rings. The highest BCUT2D eigenvalue weighted by molar-refractivity contribution is 7.97. The quantitative estimate of drug-likeness (QED) is 0.297. The Balaban J connectivity index is 0.000000266. The molecule has 0 aromatic heterocycles. The van der Waals surface area contributed by atoms with Crippen molar-refractivity contribution in [3.05, 3.63) is 128 Å². The van der Waals surface area contributed by atoms with Crippen LogP contribution in [0.25, 0.3) is 0 Å². The number of hydrogen-bond donors (Lipinski definition) is 0. The van der Waals surface area contributed by atoms with Crippen molar-refractivity contribution in [2.45, 2.75) is 6.92 Å². The van der Waals surface area contributed by atoms with Crippen LogP contribution in [0.2, 0.25) is 0 Å². The summed E-state index contributed by atoms with van der Waals surface area (Å²) in [7, 11) is 0. The van der Waals surface area contributed by atoms with E-state index in [4.69, 9.17) is 9.47 Å². The zero-order valence-corrected chi connectivity index (χ0v) is 18.7. The molecule has 0 N–H and O–H groups in total. The van der Waals surface area contributed by atoms with Crippen LogP contribution in [-0.4, -0.2) is 12.5 Å². The van der Waals surface area contributed by atoms with Crippen LogP contribution in [0.3, 0.4) is 0 Å². The van der Waals surface area contributed by atoms with Gasteiger partial charge in [-0.2, -0.15) is 11.8 Å². The number of thioether (sulfide) groups is 1. The Bertz CT molecular complexity index is 820. The first-order valence-electron chi connectivity index (χ1n) is 9.59. The van der Waals surface area contributed by atoms with Crippen molar-refractivity contribution in [2.24, 2.45) is 0 Å². The molecule has 0 bridgehead atoms. The monoisotopic (exact) mass is 418 g/mol. The summed E-state index contributed by atoms with van der Waals surface area (Å²) in [4.78, 5) is 0. The fourth-order valence-corrected chi connectivity index (χ4v) is 2.09. The van der Waals surface area contributed by atoms with Crippen molar-refractivity contribution >= 4 is 11.8 Å². The summed E-state index contributed by atoms with van der Waals surface area (Å²) in [6, 6.07) is 29.2. The van der Waals surface area contributed by atoms with Crippen LogP contribution in [-0.2, 0) is 0 Å². The molecule has 0 aliphatic heterocycles. The minimum absolute atomic E-state index is 0.816. The summed E-state index contributed by atoms with van der Waals surface area (Å²) in [5.41, 5.74) is 0. The minimum atomic E-state index is 0.816. The van der Waals surface area contributed by atoms with Gasteiger partial charge in [0, 0.05) is 0 Å². The molecule has 3 rings (SSSR count). The van der Waals surface area contributed by atoms with Gasteiger partial charge in [-0.25, -0.2) is 0 Å². The molecular weight excluding hydrogens is 388 g/mol. The number of allylic oxidation sites excluding steroid dienone is 4. The van der Waals surface area contributed by atoms with Crippen LogP contribution in [0.5, 0.6) is 17.2 Å². The SMILES string of the molecule is C=C/C=C\C(=C/C)Oc1ccccc1.CSC.c1ccc(Oc2ccccc2)cc1. The molecule has 0 saturated carbocycles.